The van der Waals surface area contributed by atoms with Crippen molar-refractivity contribution in [3.05, 3.63) is 0 Å². The average Bonchev–Trinajstić information content (AvgIpc) is 2.23. The quantitative estimate of drug-likeness (QED) is 0.324. The van der Waals surface area contributed by atoms with Crippen molar-refractivity contribution in [1.29, 1.82) is 0 Å². The van der Waals surface area contributed by atoms with Crippen LogP contribution in [0.2, 0.25) is 0 Å². The lowest BCUT2D eigenvalue weighted by Gasteiger charge is -2.26. The maximum absolute atomic E-state index is 5.54. The van der Waals surface area contributed by atoms with Crippen LogP contribution in [0, 0.1) is 5.92 Å². The predicted octanol–water partition coefficient (Wildman–Crippen LogP) is 2.37. The molecule has 0 unspecified atom stereocenters. The molecule has 0 aromatic rings. The molecule has 0 heterocycles. The van der Waals surface area contributed by atoms with Crippen LogP contribution in [0.4, 0.5) is 0 Å². The van der Waals surface area contributed by atoms with Crippen molar-refractivity contribution < 1.29 is 0 Å². The first-order chi connectivity index (χ1) is 7.38. The minimum absolute atomic E-state index is 0.546. The van der Waals surface area contributed by atoms with Crippen molar-refractivity contribution >= 4 is 5.84 Å². The Hall–Kier alpha value is -0.570. The highest BCUT2D eigenvalue weighted by molar-refractivity contribution is 5.82. The number of hydrazine groups is 1. The number of hydrogen-bond acceptors (Lipinski definition) is 2. The number of hydrogen-bond donors (Lipinski definition) is 2. The topological polar surface area (TPSA) is 50.4 Å². The van der Waals surface area contributed by atoms with Gasteiger partial charge in [0.2, 0.25) is 0 Å². The molecule has 0 aromatic heterocycles. The van der Waals surface area contributed by atoms with Crippen LogP contribution < -0.4 is 11.3 Å². The Balaban J connectivity index is 1.82. The number of aliphatic imine (C=N–C) groups is 1. The van der Waals surface area contributed by atoms with Crippen LogP contribution in [-0.4, -0.2) is 11.9 Å². The van der Waals surface area contributed by atoms with E-state index in [9.17, 15) is 0 Å². The SMILES string of the molecule is NNC(CC1CCC1)=NC1CCCCC1. The molecule has 2 aliphatic carbocycles. The van der Waals surface area contributed by atoms with Gasteiger partial charge in [-0.2, -0.15) is 0 Å². The standard InChI is InChI=1S/C12H23N3/c13-15-12(9-10-5-4-6-10)14-11-7-2-1-3-8-11/h10-11H,1-9,13H2,(H,14,15). The van der Waals surface area contributed by atoms with Gasteiger partial charge in [0.25, 0.3) is 0 Å². The lowest BCUT2D eigenvalue weighted by molar-refractivity contribution is 0.323. The number of amidine groups is 1. The summed E-state index contributed by atoms with van der Waals surface area (Å²) < 4.78 is 0. The first kappa shape index (κ1) is 10.9. The first-order valence-corrected chi connectivity index (χ1v) is 6.42. The first-order valence-electron chi connectivity index (χ1n) is 6.42. The largest absolute Gasteiger partial charge is 0.312 e. The monoisotopic (exact) mass is 209 g/mol. The molecule has 0 saturated heterocycles. The van der Waals surface area contributed by atoms with E-state index in [1.165, 1.54) is 51.4 Å². The van der Waals surface area contributed by atoms with Gasteiger partial charge in [-0.25, -0.2) is 5.84 Å². The third kappa shape index (κ3) is 3.20. The molecule has 0 aliphatic heterocycles. The molecule has 0 atom stereocenters. The Morgan fingerprint density at radius 2 is 1.80 bits per heavy atom. The van der Waals surface area contributed by atoms with Crippen LogP contribution in [0.5, 0.6) is 0 Å². The molecule has 0 bridgehead atoms. The van der Waals surface area contributed by atoms with Gasteiger partial charge >= 0.3 is 0 Å². The van der Waals surface area contributed by atoms with Gasteiger partial charge in [-0.1, -0.05) is 38.5 Å². The normalized spacial score (nSPS) is 25.0. The van der Waals surface area contributed by atoms with E-state index in [4.69, 9.17) is 10.8 Å². The van der Waals surface area contributed by atoms with Gasteiger partial charge in [0.05, 0.1) is 6.04 Å². The lowest BCUT2D eigenvalue weighted by atomic mass is 9.82. The van der Waals surface area contributed by atoms with Crippen molar-refractivity contribution in [3.8, 4) is 0 Å². The molecular formula is C12H23N3. The fourth-order valence-corrected chi connectivity index (χ4v) is 2.55. The zero-order valence-electron chi connectivity index (χ0n) is 9.54. The number of nitrogens with one attached hydrogen (secondary N) is 1. The van der Waals surface area contributed by atoms with Crippen LogP contribution in [-0.2, 0) is 0 Å². The maximum Gasteiger partial charge on any atom is 0.111 e. The Kier molecular flexibility index (Phi) is 4.01. The molecule has 2 saturated carbocycles. The molecule has 0 spiro atoms. The summed E-state index contributed by atoms with van der Waals surface area (Å²) in [5, 5.41) is 0. The minimum atomic E-state index is 0.546. The van der Waals surface area contributed by atoms with Gasteiger partial charge in [-0.3, -0.25) is 4.99 Å². The summed E-state index contributed by atoms with van der Waals surface area (Å²) in [4.78, 5) is 4.76. The summed E-state index contributed by atoms with van der Waals surface area (Å²) in [6, 6.07) is 0.546. The minimum Gasteiger partial charge on any atom is -0.312 e. The highest BCUT2D eigenvalue weighted by atomic mass is 15.3. The molecule has 2 fully saturated rings. The van der Waals surface area contributed by atoms with E-state index in [1.54, 1.807) is 0 Å². The van der Waals surface area contributed by atoms with Gasteiger partial charge in [-0.15, -0.1) is 0 Å². The second-order valence-corrected chi connectivity index (χ2v) is 5.01. The molecular weight excluding hydrogens is 186 g/mol. The van der Waals surface area contributed by atoms with Crippen LogP contribution in [0.1, 0.15) is 57.8 Å². The molecule has 0 radical (unpaired) electrons. The third-order valence-electron chi connectivity index (χ3n) is 3.79. The van der Waals surface area contributed by atoms with Crippen molar-refractivity contribution in [2.24, 2.45) is 16.8 Å². The summed E-state index contributed by atoms with van der Waals surface area (Å²) in [6.07, 6.45) is 11.8. The smallest absolute Gasteiger partial charge is 0.111 e. The van der Waals surface area contributed by atoms with Gasteiger partial charge in [0, 0.05) is 6.42 Å². The van der Waals surface area contributed by atoms with Gasteiger partial charge in [0.1, 0.15) is 5.84 Å². The summed E-state index contributed by atoms with van der Waals surface area (Å²) in [7, 11) is 0. The van der Waals surface area contributed by atoms with E-state index in [0.29, 0.717) is 6.04 Å². The Morgan fingerprint density at radius 1 is 1.07 bits per heavy atom. The lowest BCUT2D eigenvalue weighted by Crippen LogP contribution is -2.34. The van der Waals surface area contributed by atoms with Crippen LogP contribution in [0.25, 0.3) is 0 Å². The van der Waals surface area contributed by atoms with Gasteiger partial charge < -0.3 is 5.43 Å². The molecule has 2 aliphatic rings. The van der Waals surface area contributed by atoms with Gasteiger partial charge in [-0.05, 0) is 18.8 Å². The summed E-state index contributed by atoms with van der Waals surface area (Å²) in [5.74, 6) is 7.43. The van der Waals surface area contributed by atoms with Crippen molar-refractivity contribution in [2.75, 3.05) is 0 Å². The zero-order chi connectivity index (χ0) is 10.5. The second kappa shape index (κ2) is 5.50. The number of nitrogens with two attached hydrogens (primary N) is 1. The fourth-order valence-electron chi connectivity index (χ4n) is 2.55. The van der Waals surface area contributed by atoms with Crippen LogP contribution in [0.15, 0.2) is 4.99 Å². The molecule has 3 heteroatoms. The molecule has 2 rings (SSSR count). The van der Waals surface area contributed by atoms with Crippen molar-refractivity contribution in [2.45, 2.75) is 63.8 Å². The van der Waals surface area contributed by atoms with Gasteiger partial charge in [0.15, 0.2) is 0 Å². The van der Waals surface area contributed by atoms with E-state index < -0.39 is 0 Å². The average molecular weight is 209 g/mol. The fraction of sp³-hybridized carbons (Fsp3) is 0.917. The summed E-state index contributed by atoms with van der Waals surface area (Å²) in [5.41, 5.74) is 2.80. The Morgan fingerprint density at radius 3 is 2.33 bits per heavy atom. The zero-order valence-corrected chi connectivity index (χ0v) is 9.54. The van der Waals surface area contributed by atoms with Crippen molar-refractivity contribution in [3.63, 3.8) is 0 Å². The second-order valence-electron chi connectivity index (χ2n) is 5.01. The van der Waals surface area contributed by atoms with Crippen LogP contribution >= 0.6 is 0 Å². The maximum atomic E-state index is 5.54. The Bertz CT molecular complexity index is 215. The molecule has 15 heavy (non-hydrogen) atoms. The molecule has 0 aromatic carbocycles. The Labute approximate surface area is 92.5 Å². The molecule has 3 N–H and O–H groups in total. The van der Waals surface area contributed by atoms with Crippen LogP contribution in [0.3, 0.4) is 0 Å². The molecule has 3 nitrogen and oxygen atoms in total. The van der Waals surface area contributed by atoms with Crippen molar-refractivity contribution in [1.82, 2.24) is 5.43 Å². The number of rotatable bonds is 3. The van der Waals surface area contributed by atoms with E-state index in [-0.39, 0.29) is 0 Å². The molecule has 86 valence electrons. The molecule has 0 amide bonds. The van der Waals surface area contributed by atoms with E-state index in [1.807, 2.05) is 0 Å². The van der Waals surface area contributed by atoms with E-state index >= 15 is 0 Å². The highest BCUT2D eigenvalue weighted by Gasteiger charge is 2.20. The predicted molar refractivity (Wildman–Crippen MR) is 63.6 cm³/mol. The third-order valence-corrected chi connectivity index (χ3v) is 3.79. The summed E-state index contributed by atoms with van der Waals surface area (Å²) >= 11 is 0. The summed E-state index contributed by atoms with van der Waals surface area (Å²) in [6.45, 7) is 0. The highest BCUT2D eigenvalue weighted by Crippen LogP contribution is 2.29. The van der Waals surface area contributed by atoms with E-state index in [2.05, 4.69) is 5.43 Å². The van der Waals surface area contributed by atoms with E-state index in [0.717, 1.165) is 18.2 Å². The number of nitrogens with zero attached hydrogens (tertiary/aromatic N) is 1.